The van der Waals surface area contributed by atoms with Gasteiger partial charge in [0.2, 0.25) is 0 Å². The number of nitrogens with one attached hydrogen (secondary N) is 1. The summed E-state index contributed by atoms with van der Waals surface area (Å²) in [5.74, 6) is 0.817. The summed E-state index contributed by atoms with van der Waals surface area (Å²) in [4.78, 5) is 1.34. The second kappa shape index (κ2) is 8.14. The highest BCUT2D eigenvalue weighted by atomic mass is 16.5. The van der Waals surface area contributed by atoms with Crippen LogP contribution in [-0.2, 0) is 12.0 Å². The Hall–Kier alpha value is -1.84. The summed E-state index contributed by atoms with van der Waals surface area (Å²) in [6.07, 6.45) is 2.33. The van der Waals surface area contributed by atoms with E-state index in [0.717, 1.165) is 37.1 Å². The van der Waals surface area contributed by atoms with E-state index >= 15 is 0 Å². The molecule has 0 amide bonds. The van der Waals surface area contributed by atoms with Gasteiger partial charge >= 0.3 is 0 Å². The normalized spacial score (nSPS) is 13.8. The Labute approximate surface area is 139 Å². The van der Waals surface area contributed by atoms with Crippen LogP contribution in [0.5, 0.6) is 5.75 Å². The molecule has 3 nitrogen and oxygen atoms in total. The lowest BCUT2D eigenvalue weighted by Crippen LogP contribution is -3.05. The average Bonchev–Trinajstić information content (AvgIpc) is 2.59. The van der Waals surface area contributed by atoms with E-state index in [1.165, 1.54) is 10.5 Å². The smallest absolute Gasteiger partial charge is 0.118 e. The third-order valence-electron chi connectivity index (χ3n) is 4.34. The molecule has 0 radical (unpaired) electrons. The Morgan fingerprint density at radius 2 is 1.61 bits per heavy atom. The Bertz CT molecular complexity index is 580. The summed E-state index contributed by atoms with van der Waals surface area (Å²) in [6.45, 7) is 0.928. The molecule has 2 N–H and O–H groups in total. The number of benzene rings is 2. The van der Waals surface area contributed by atoms with Gasteiger partial charge in [0.1, 0.15) is 5.75 Å². The van der Waals surface area contributed by atoms with Crippen LogP contribution in [0.1, 0.15) is 24.0 Å². The first-order valence-corrected chi connectivity index (χ1v) is 8.23. The molecular weight excluding hydrogens is 286 g/mol. The second-order valence-electron chi connectivity index (χ2n) is 6.45. The number of aryl methyl sites for hydroxylation is 1. The Morgan fingerprint density at radius 1 is 0.957 bits per heavy atom. The summed E-state index contributed by atoms with van der Waals surface area (Å²) in [5.41, 5.74) is 1.42. The molecule has 0 aliphatic rings. The average molecular weight is 314 g/mol. The highest BCUT2D eigenvalue weighted by molar-refractivity contribution is 5.31. The molecule has 0 saturated carbocycles. The van der Waals surface area contributed by atoms with E-state index in [9.17, 15) is 5.11 Å². The molecule has 0 heterocycles. The number of rotatable bonds is 8. The molecule has 2 aromatic rings. The fourth-order valence-corrected chi connectivity index (χ4v) is 2.77. The Morgan fingerprint density at radius 3 is 2.17 bits per heavy atom. The molecule has 3 heteroatoms. The van der Waals surface area contributed by atoms with Crippen molar-refractivity contribution in [1.82, 2.24) is 0 Å². The molecule has 0 bridgehead atoms. The third-order valence-corrected chi connectivity index (χ3v) is 4.34. The monoisotopic (exact) mass is 314 g/mol. The zero-order valence-corrected chi connectivity index (χ0v) is 14.4. The SMILES string of the molecule is COc1ccc([C@@](O)(CCc2ccccc2)CC[NH+](C)C)cc1. The first-order chi connectivity index (χ1) is 11.0. The Balaban J connectivity index is 2.16. The standard InChI is InChI=1S/C20H27NO2/c1-21(2)16-15-20(22,14-13-17-7-5-4-6-8-17)18-9-11-19(23-3)12-10-18/h4-12,22H,13-16H2,1-3H3/p+1/t20-/m1/s1. The van der Waals surface area contributed by atoms with Crippen molar-refractivity contribution in [1.29, 1.82) is 0 Å². The van der Waals surface area contributed by atoms with Crippen LogP contribution in [0, 0.1) is 0 Å². The minimum absolute atomic E-state index is 0.719. The zero-order valence-electron chi connectivity index (χ0n) is 14.4. The number of hydrogen-bond acceptors (Lipinski definition) is 2. The highest BCUT2D eigenvalue weighted by Crippen LogP contribution is 2.31. The van der Waals surface area contributed by atoms with Crippen molar-refractivity contribution in [2.45, 2.75) is 24.9 Å². The topological polar surface area (TPSA) is 33.9 Å². The molecule has 0 unspecified atom stereocenters. The van der Waals surface area contributed by atoms with Crippen LogP contribution in [-0.4, -0.2) is 32.9 Å². The van der Waals surface area contributed by atoms with E-state index in [4.69, 9.17) is 4.74 Å². The van der Waals surface area contributed by atoms with Gasteiger partial charge in [0.25, 0.3) is 0 Å². The van der Waals surface area contributed by atoms with Crippen LogP contribution in [0.4, 0.5) is 0 Å². The van der Waals surface area contributed by atoms with Crippen molar-refractivity contribution in [3.63, 3.8) is 0 Å². The van der Waals surface area contributed by atoms with Gasteiger partial charge in [0.05, 0.1) is 33.4 Å². The number of aliphatic hydroxyl groups is 1. The van der Waals surface area contributed by atoms with Gasteiger partial charge in [-0.15, -0.1) is 0 Å². The van der Waals surface area contributed by atoms with E-state index in [0.29, 0.717) is 0 Å². The first kappa shape index (κ1) is 17.5. The van der Waals surface area contributed by atoms with Gasteiger partial charge in [-0.25, -0.2) is 0 Å². The molecule has 1 atom stereocenters. The quantitative estimate of drug-likeness (QED) is 0.782. The van der Waals surface area contributed by atoms with Crippen LogP contribution >= 0.6 is 0 Å². The minimum atomic E-state index is -0.806. The minimum Gasteiger partial charge on any atom is -0.497 e. The zero-order chi connectivity index (χ0) is 16.7. The summed E-state index contributed by atoms with van der Waals surface area (Å²) in [6, 6.07) is 18.2. The van der Waals surface area contributed by atoms with E-state index in [1.807, 2.05) is 42.5 Å². The van der Waals surface area contributed by atoms with Crippen molar-refractivity contribution in [2.24, 2.45) is 0 Å². The molecule has 23 heavy (non-hydrogen) atoms. The number of quaternary nitrogens is 1. The molecule has 0 aromatic heterocycles. The van der Waals surface area contributed by atoms with Crippen molar-refractivity contribution in [3.05, 3.63) is 65.7 Å². The molecule has 2 aromatic carbocycles. The van der Waals surface area contributed by atoms with Gasteiger partial charge < -0.3 is 14.7 Å². The lowest BCUT2D eigenvalue weighted by molar-refractivity contribution is -0.859. The molecule has 0 saturated heterocycles. The molecular formula is C20H28NO2+. The highest BCUT2D eigenvalue weighted by Gasteiger charge is 2.29. The van der Waals surface area contributed by atoms with Crippen LogP contribution < -0.4 is 9.64 Å². The number of methoxy groups -OCH3 is 1. The lowest BCUT2D eigenvalue weighted by Gasteiger charge is -2.29. The maximum Gasteiger partial charge on any atom is 0.118 e. The van der Waals surface area contributed by atoms with Gasteiger partial charge in [-0.3, -0.25) is 0 Å². The van der Waals surface area contributed by atoms with Crippen molar-refractivity contribution in [2.75, 3.05) is 27.7 Å². The molecule has 2 rings (SSSR count). The Kier molecular flexibility index (Phi) is 6.20. The van der Waals surface area contributed by atoms with Crippen LogP contribution in [0.2, 0.25) is 0 Å². The van der Waals surface area contributed by atoms with Crippen LogP contribution in [0.15, 0.2) is 54.6 Å². The molecule has 0 aliphatic heterocycles. The third kappa shape index (κ3) is 5.08. The predicted octanol–water partition coefficient (Wildman–Crippen LogP) is 2.05. The van der Waals surface area contributed by atoms with Crippen molar-refractivity contribution < 1.29 is 14.7 Å². The number of hydrogen-bond donors (Lipinski definition) is 2. The fourth-order valence-electron chi connectivity index (χ4n) is 2.77. The van der Waals surface area contributed by atoms with Gasteiger partial charge in [-0.2, -0.15) is 0 Å². The molecule has 124 valence electrons. The van der Waals surface area contributed by atoms with Crippen LogP contribution in [0.25, 0.3) is 0 Å². The van der Waals surface area contributed by atoms with E-state index in [1.54, 1.807) is 7.11 Å². The van der Waals surface area contributed by atoms with Gasteiger partial charge in [-0.05, 0) is 36.1 Å². The second-order valence-corrected chi connectivity index (χ2v) is 6.45. The summed E-state index contributed by atoms with van der Waals surface area (Å²) >= 11 is 0. The molecule has 0 spiro atoms. The van der Waals surface area contributed by atoms with Crippen LogP contribution in [0.3, 0.4) is 0 Å². The van der Waals surface area contributed by atoms with E-state index in [2.05, 4.69) is 26.2 Å². The fraction of sp³-hybridized carbons (Fsp3) is 0.400. The number of ether oxygens (including phenoxy) is 1. The maximum absolute atomic E-state index is 11.3. The largest absolute Gasteiger partial charge is 0.497 e. The summed E-state index contributed by atoms with van der Waals surface area (Å²) in [5, 5.41) is 11.3. The van der Waals surface area contributed by atoms with E-state index < -0.39 is 5.60 Å². The predicted molar refractivity (Wildman–Crippen MR) is 93.9 cm³/mol. The lowest BCUT2D eigenvalue weighted by atomic mass is 9.84. The van der Waals surface area contributed by atoms with Crippen molar-refractivity contribution >= 4 is 0 Å². The van der Waals surface area contributed by atoms with Gasteiger partial charge in [0, 0.05) is 6.42 Å². The van der Waals surface area contributed by atoms with Gasteiger partial charge in [-0.1, -0.05) is 42.5 Å². The molecule has 0 aliphatic carbocycles. The first-order valence-electron chi connectivity index (χ1n) is 8.23. The van der Waals surface area contributed by atoms with Crippen molar-refractivity contribution in [3.8, 4) is 5.75 Å². The summed E-state index contributed by atoms with van der Waals surface area (Å²) < 4.78 is 5.22. The maximum atomic E-state index is 11.3. The van der Waals surface area contributed by atoms with E-state index in [-0.39, 0.29) is 0 Å². The summed E-state index contributed by atoms with van der Waals surface area (Å²) in [7, 11) is 5.89. The molecule has 0 fully saturated rings. The van der Waals surface area contributed by atoms with Gasteiger partial charge in [0.15, 0.2) is 0 Å².